The summed E-state index contributed by atoms with van der Waals surface area (Å²) in [7, 11) is -3.75. The second-order valence-electron chi connectivity index (χ2n) is 5.40. The van der Waals surface area contributed by atoms with Gasteiger partial charge in [-0.25, -0.2) is 8.42 Å². The van der Waals surface area contributed by atoms with E-state index in [2.05, 4.69) is 0 Å². The van der Waals surface area contributed by atoms with E-state index in [1.165, 1.54) is 4.31 Å². The molecule has 0 saturated carbocycles. The quantitative estimate of drug-likeness (QED) is 0.748. The maximum atomic E-state index is 13.0. The summed E-state index contributed by atoms with van der Waals surface area (Å²) in [4.78, 5) is 0.208. The number of ether oxygens (including phenoxy) is 1. The van der Waals surface area contributed by atoms with Crippen molar-refractivity contribution in [3.63, 3.8) is 0 Å². The van der Waals surface area contributed by atoms with Crippen LogP contribution >= 0.6 is 23.2 Å². The highest BCUT2D eigenvalue weighted by Crippen LogP contribution is 2.34. The molecule has 3 rings (SSSR count). The smallest absolute Gasteiger partial charge is 0.264 e. The van der Waals surface area contributed by atoms with Gasteiger partial charge in [0.1, 0.15) is 0 Å². The third-order valence-corrected chi connectivity index (χ3v) is 5.91. The minimum absolute atomic E-state index is 0.120. The van der Waals surface area contributed by atoms with Gasteiger partial charge in [0.25, 0.3) is 10.0 Å². The van der Waals surface area contributed by atoms with Crippen LogP contribution in [0.5, 0.6) is 0 Å². The van der Waals surface area contributed by atoms with E-state index in [4.69, 9.17) is 27.9 Å². The van der Waals surface area contributed by atoms with Crippen molar-refractivity contribution in [2.45, 2.75) is 17.9 Å². The molecular formula is C16H15Cl2NO3S. The largest absolute Gasteiger partial charge is 0.371 e. The van der Waals surface area contributed by atoms with Crippen molar-refractivity contribution in [2.75, 3.05) is 17.5 Å². The molecule has 1 atom stereocenters. The lowest BCUT2D eigenvalue weighted by Crippen LogP contribution is -2.34. The summed E-state index contributed by atoms with van der Waals surface area (Å²) in [6, 6.07) is 11.5. The molecule has 0 aromatic heterocycles. The van der Waals surface area contributed by atoms with Gasteiger partial charge in [0, 0.05) is 5.02 Å². The Morgan fingerprint density at radius 2 is 1.83 bits per heavy atom. The summed E-state index contributed by atoms with van der Waals surface area (Å²) >= 11 is 12.2. The van der Waals surface area contributed by atoms with Crippen LogP contribution in [0.15, 0.2) is 47.4 Å². The number of aryl methyl sites for hydroxylation is 1. The van der Waals surface area contributed by atoms with Gasteiger partial charge in [-0.2, -0.15) is 0 Å². The minimum atomic E-state index is -3.75. The first-order valence-corrected chi connectivity index (χ1v) is 9.23. The zero-order chi connectivity index (χ0) is 16.6. The molecule has 1 aliphatic rings. The molecule has 0 spiro atoms. The van der Waals surface area contributed by atoms with E-state index >= 15 is 0 Å². The van der Waals surface area contributed by atoms with Gasteiger partial charge in [0.05, 0.1) is 34.9 Å². The van der Waals surface area contributed by atoms with E-state index in [9.17, 15) is 8.42 Å². The number of hydrogen-bond acceptors (Lipinski definition) is 3. The Bertz CT molecular complexity index is 818. The predicted molar refractivity (Wildman–Crippen MR) is 91.9 cm³/mol. The molecule has 0 aliphatic carbocycles. The highest BCUT2D eigenvalue weighted by Gasteiger charge is 2.34. The Morgan fingerprint density at radius 1 is 1.17 bits per heavy atom. The Morgan fingerprint density at radius 3 is 2.43 bits per heavy atom. The van der Waals surface area contributed by atoms with Crippen molar-refractivity contribution in [1.82, 2.24) is 0 Å². The molecule has 122 valence electrons. The van der Waals surface area contributed by atoms with Crippen LogP contribution < -0.4 is 4.31 Å². The number of anilines is 1. The molecule has 23 heavy (non-hydrogen) atoms. The summed E-state index contributed by atoms with van der Waals surface area (Å²) < 4.78 is 32.5. The summed E-state index contributed by atoms with van der Waals surface area (Å²) in [5.41, 5.74) is 1.34. The Kier molecular flexibility index (Phi) is 4.56. The summed E-state index contributed by atoms with van der Waals surface area (Å²) in [6.45, 7) is 2.65. The van der Waals surface area contributed by atoms with Crippen molar-refractivity contribution in [3.05, 3.63) is 58.1 Å². The van der Waals surface area contributed by atoms with Gasteiger partial charge < -0.3 is 4.74 Å². The van der Waals surface area contributed by atoms with Gasteiger partial charge in [0.15, 0.2) is 0 Å². The molecule has 0 N–H and O–H groups in total. The molecule has 7 heteroatoms. The Balaban J connectivity index is 2.07. The molecule has 0 radical (unpaired) electrons. The molecule has 1 fully saturated rings. The third-order valence-electron chi connectivity index (χ3n) is 3.56. The van der Waals surface area contributed by atoms with Crippen LogP contribution in [0.1, 0.15) is 5.56 Å². The standard InChI is InChI=1S/C16H15Cl2NO3S/c1-11-2-5-14(6-3-11)23(20,21)19(9-13-10-22-13)16-8-12(17)4-7-15(16)18/h2-8,13H,9-10H2,1H3/t13-/m0/s1. The first kappa shape index (κ1) is 16.6. The van der Waals surface area contributed by atoms with E-state index in [1.54, 1.807) is 42.5 Å². The number of hydrogen-bond donors (Lipinski definition) is 0. The lowest BCUT2D eigenvalue weighted by Gasteiger charge is -2.25. The van der Waals surface area contributed by atoms with Crippen LogP contribution in [0.2, 0.25) is 10.0 Å². The van der Waals surface area contributed by atoms with Gasteiger partial charge >= 0.3 is 0 Å². The SMILES string of the molecule is Cc1ccc(S(=O)(=O)N(C[C@H]2CO2)c2cc(Cl)ccc2Cl)cc1. The zero-order valence-electron chi connectivity index (χ0n) is 12.4. The number of nitrogens with zero attached hydrogens (tertiary/aromatic N) is 1. The topological polar surface area (TPSA) is 49.9 Å². The average molecular weight is 372 g/mol. The van der Waals surface area contributed by atoms with Crippen LogP contribution in [0.4, 0.5) is 5.69 Å². The maximum absolute atomic E-state index is 13.0. The number of benzene rings is 2. The summed E-state index contributed by atoms with van der Waals surface area (Å²) in [6.07, 6.45) is -0.120. The van der Waals surface area contributed by atoms with Gasteiger partial charge in [0.2, 0.25) is 0 Å². The predicted octanol–water partition coefficient (Wildman–Crippen LogP) is 3.90. The van der Waals surface area contributed by atoms with Gasteiger partial charge in [-0.1, -0.05) is 40.9 Å². The average Bonchev–Trinajstić information content (AvgIpc) is 3.32. The molecule has 2 aromatic carbocycles. The number of rotatable bonds is 5. The van der Waals surface area contributed by atoms with Gasteiger partial charge in [-0.05, 0) is 37.3 Å². The number of sulfonamides is 1. The molecule has 1 heterocycles. The lowest BCUT2D eigenvalue weighted by atomic mass is 10.2. The van der Waals surface area contributed by atoms with E-state index in [-0.39, 0.29) is 17.5 Å². The van der Waals surface area contributed by atoms with E-state index in [1.807, 2.05) is 6.92 Å². The molecule has 0 amide bonds. The van der Waals surface area contributed by atoms with E-state index in [0.29, 0.717) is 22.3 Å². The van der Waals surface area contributed by atoms with Crippen LogP contribution in [0, 0.1) is 6.92 Å². The van der Waals surface area contributed by atoms with E-state index in [0.717, 1.165) is 5.56 Å². The van der Waals surface area contributed by atoms with Crippen molar-refractivity contribution < 1.29 is 13.2 Å². The van der Waals surface area contributed by atoms with Crippen LogP contribution in [-0.4, -0.2) is 27.7 Å². The van der Waals surface area contributed by atoms with Crippen molar-refractivity contribution in [3.8, 4) is 0 Å². The normalized spacial score (nSPS) is 17.1. The fourth-order valence-electron chi connectivity index (χ4n) is 2.20. The third kappa shape index (κ3) is 3.63. The Labute approximate surface area is 145 Å². The molecule has 1 saturated heterocycles. The van der Waals surface area contributed by atoms with Gasteiger partial charge in [-0.3, -0.25) is 4.31 Å². The molecule has 1 aliphatic heterocycles. The second-order valence-corrected chi connectivity index (χ2v) is 8.11. The summed E-state index contributed by atoms with van der Waals surface area (Å²) in [5, 5.41) is 0.746. The highest BCUT2D eigenvalue weighted by atomic mass is 35.5. The lowest BCUT2D eigenvalue weighted by molar-refractivity contribution is 0.412. The molecule has 2 aromatic rings. The molecule has 4 nitrogen and oxygen atoms in total. The van der Waals surface area contributed by atoms with Crippen molar-refractivity contribution in [1.29, 1.82) is 0 Å². The molecule has 0 bridgehead atoms. The first-order chi connectivity index (χ1) is 10.9. The van der Waals surface area contributed by atoms with Crippen LogP contribution in [0.3, 0.4) is 0 Å². The van der Waals surface area contributed by atoms with Crippen LogP contribution in [0.25, 0.3) is 0 Å². The Hall–Kier alpha value is -1.27. The molecule has 0 unspecified atom stereocenters. The first-order valence-electron chi connectivity index (χ1n) is 7.04. The fourth-order valence-corrected chi connectivity index (χ4v) is 4.14. The monoisotopic (exact) mass is 371 g/mol. The minimum Gasteiger partial charge on any atom is -0.371 e. The van der Waals surface area contributed by atoms with Crippen LogP contribution in [-0.2, 0) is 14.8 Å². The van der Waals surface area contributed by atoms with E-state index < -0.39 is 10.0 Å². The number of epoxide rings is 1. The fraction of sp³-hybridized carbons (Fsp3) is 0.250. The maximum Gasteiger partial charge on any atom is 0.264 e. The highest BCUT2D eigenvalue weighted by molar-refractivity contribution is 7.92. The molecular weight excluding hydrogens is 357 g/mol. The van der Waals surface area contributed by atoms with Gasteiger partial charge in [-0.15, -0.1) is 0 Å². The van der Waals surface area contributed by atoms with Crippen molar-refractivity contribution >= 4 is 38.9 Å². The number of halogens is 2. The summed E-state index contributed by atoms with van der Waals surface area (Å²) in [5.74, 6) is 0. The van der Waals surface area contributed by atoms with Crippen molar-refractivity contribution in [2.24, 2.45) is 0 Å². The second kappa shape index (κ2) is 6.32. The zero-order valence-corrected chi connectivity index (χ0v) is 14.7.